The Morgan fingerprint density at radius 2 is 2.00 bits per heavy atom. The number of hydrogen-bond donors (Lipinski definition) is 2. The monoisotopic (exact) mass is 508 g/mol. The first kappa shape index (κ1) is 24.2. The summed E-state index contributed by atoms with van der Waals surface area (Å²) in [6.07, 6.45) is -3.88. The molecule has 0 bridgehead atoms. The maximum absolute atomic E-state index is 14.0. The van der Waals surface area contributed by atoms with Crippen LogP contribution in [0, 0.1) is 0 Å². The Kier molecular flexibility index (Phi) is 5.96. The van der Waals surface area contributed by atoms with Crippen molar-refractivity contribution in [2.75, 3.05) is 23.5 Å². The van der Waals surface area contributed by atoms with Gasteiger partial charge in [0, 0.05) is 29.2 Å². The third-order valence-corrected chi connectivity index (χ3v) is 7.14. The summed E-state index contributed by atoms with van der Waals surface area (Å²) in [5.41, 5.74) is -5.77. The van der Waals surface area contributed by atoms with Crippen molar-refractivity contribution >= 4 is 33.7 Å². The molecule has 2 atom stereocenters. The van der Waals surface area contributed by atoms with E-state index < -0.39 is 52.0 Å². The van der Waals surface area contributed by atoms with Crippen LogP contribution >= 0.6 is 10.5 Å². The predicted molar refractivity (Wildman–Crippen MR) is 109 cm³/mol. The van der Waals surface area contributed by atoms with Crippen molar-refractivity contribution in [1.82, 2.24) is 4.72 Å². The lowest BCUT2D eigenvalue weighted by molar-refractivity contribution is -0.253. The average molecular weight is 508 g/mol. The number of carbonyl (C=O) groups is 2. The van der Waals surface area contributed by atoms with Gasteiger partial charge in [-0.2, -0.15) is 26.3 Å². The van der Waals surface area contributed by atoms with Gasteiger partial charge in [-0.1, -0.05) is 6.07 Å². The molecule has 0 saturated carbocycles. The molecule has 34 heavy (non-hydrogen) atoms. The smallest absolute Gasteiger partial charge is 0.430 e. The zero-order valence-electron chi connectivity index (χ0n) is 17.3. The number of carbonyl (C=O) groups excluding carboxylic acids is 2. The normalized spacial score (nSPS) is 26.4. The van der Waals surface area contributed by atoms with E-state index in [1.807, 2.05) is 0 Å². The van der Waals surface area contributed by atoms with E-state index in [-0.39, 0.29) is 23.5 Å². The Balaban J connectivity index is 1.78. The summed E-state index contributed by atoms with van der Waals surface area (Å²) in [5, 5.41) is 10.6. The van der Waals surface area contributed by atoms with Crippen LogP contribution in [-0.2, 0) is 19.6 Å². The quantitative estimate of drug-likeness (QED) is 0.473. The zero-order valence-corrected chi connectivity index (χ0v) is 18.1. The van der Waals surface area contributed by atoms with Crippen LogP contribution < -0.4 is 14.4 Å². The molecule has 2 amide bonds. The van der Waals surface area contributed by atoms with Crippen molar-refractivity contribution in [1.29, 1.82) is 0 Å². The summed E-state index contributed by atoms with van der Waals surface area (Å²) in [6, 6.07) is 7.40. The molecule has 2 aromatic rings. The Morgan fingerprint density at radius 3 is 2.62 bits per heavy atom. The summed E-state index contributed by atoms with van der Waals surface area (Å²) in [4.78, 5) is 30.9. The predicted octanol–water partition coefficient (Wildman–Crippen LogP) is 3.67. The number of fused-ring (bicyclic) bond motifs is 1. The zero-order chi connectivity index (χ0) is 24.9. The molecule has 2 aliphatic heterocycles. The molecule has 1 fully saturated rings. The molecule has 2 N–H and O–H groups in total. The van der Waals surface area contributed by atoms with Crippen LogP contribution in [0.5, 0.6) is 5.75 Å². The number of ether oxygens (including phenoxy) is 1. The van der Waals surface area contributed by atoms with E-state index in [9.17, 15) is 36.6 Å². The van der Waals surface area contributed by atoms with E-state index in [4.69, 9.17) is 9.22 Å². The molecule has 2 aliphatic rings. The number of halogens is 5. The minimum Gasteiger partial charge on any atom is -0.435 e. The molecule has 0 aliphatic carbocycles. The second-order valence-corrected chi connectivity index (χ2v) is 10.2. The van der Waals surface area contributed by atoms with Gasteiger partial charge in [0.05, 0.1) is 18.0 Å². The number of nitrogens with one attached hydrogen (secondary N) is 1. The van der Waals surface area contributed by atoms with Crippen molar-refractivity contribution < 1.29 is 50.6 Å². The Labute approximate surface area is 190 Å². The van der Waals surface area contributed by atoms with Crippen LogP contribution in [0.15, 0.2) is 42.5 Å². The summed E-state index contributed by atoms with van der Waals surface area (Å²) in [5.74, 6) is -2.63. The summed E-state index contributed by atoms with van der Waals surface area (Å²) in [7, 11) is -2.16. The number of rotatable bonds is 5. The Bertz CT molecular complexity index is 1140. The molecule has 0 aromatic heterocycles. The van der Waals surface area contributed by atoms with Gasteiger partial charge in [-0.15, -0.1) is 0 Å². The molecular formula is C20H17F5N2O6S. The molecular weight excluding hydrogens is 491 g/mol. The first-order valence-corrected chi connectivity index (χ1v) is 11.7. The lowest BCUT2D eigenvalue weighted by Crippen LogP contribution is -2.49. The first-order valence-electron chi connectivity index (χ1n) is 9.58. The van der Waals surface area contributed by atoms with Gasteiger partial charge in [-0.25, -0.2) is 4.89 Å². The molecule has 2 unspecified atom stereocenters. The van der Waals surface area contributed by atoms with Gasteiger partial charge in [0.15, 0.2) is 0 Å². The fourth-order valence-corrected chi connectivity index (χ4v) is 4.95. The second kappa shape index (κ2) is 8.37. The van der Waals surface area contributed by atoms with Crippen LogP contribution in [0.2, 0.25) is 0 Å². The molecule has 2 heterocycles. The van der Waals surface area contributed by atoms with Gasteiger partial charge in [-0.3, -0.25) is 19.2 Å². The van der Waals surface area contributed by atoms with Crippen LogP contribution in [0.1, 0.15) is 15.9 Å². The van der Waals surface area contributed by atoms with Crippen molar-refractivity contribution in [3.63, 3.8) is 0 Å². The van der Waals surface area contributed by atoms with E-state index in [2.05, 4.69) is 9.46 Å². The molecule has 1 saturated heterocycles. The van der Waals surface area contributed by atoms with E-state index in [0.717, 1.165) is 30.3 Å². The summed E-state index contributed by atoms with van der Waals surface area (Å²) >= 11 is 0. The Morgan fingerprint density at radius 1 is 1.26 bits per heavy atom. The van der Waals surface area contributed by atoms with Gasteiger partial charge in [-0.05, 0) is 40.8 Å². The highest BCUT2D eigenvalue weighted by Crippen LogP contribution is 2.52. The van der Waals surface area contributed by atoms with Gasteiger partial charge >= 0.3 is 12.8 Å². The molecule has 184 valence electrons. The van der Waals surface area contributed by atoms with Gasteiger partial charge in [0.25, 0.3) is 17.4 Å². The summed E-state index contributed by atoms with van der Waals surface area (Å²) in [6.45, 7) is -2.98. The molecule has 14 heteroatoms. The fourth-order valence-electron chi connectivity index (χ4n) is 3.57. The second-order valence-electron chi connectivity index (χ2n) is 7.49. The SMILES string of the molecule is CS1(NC(=O)c2ccc3c(c2)C(O)(C(F)(F)F)C(=O)N3c2cccc(OC(F)F)c2)CCOO1. The number of hydrogen-bond acceptors (Lipinski definition) is 6. The van der Waals surface area contributed by atoms with E-state index in [1.54, 1.807) is 6.26 Å². The van der Waals surface area contributed by atoms with Crippen LogP contribution in [0.3, 0.4) is 0 Å². The lowest BCUT2D eigenvalue weighted by atomic mass is 9.93. The molecule has 4 rings (SSSR count). The van der Waals surface area contributed by atoms with Crippen molar-refractivity contribution in [2.45, 2.75) is 18.4 Å². The first-order chi connectivity index (χ1) is 15.9. The molecule has 8 nitrogen and oxygen atoms in total. The number of alkyl halides is 5. The molecule has 2 aromatic carbocycles. The largest absolute Gasteiger partial charge is 0.435 e. The van der Waals surface area contributed by atoms with Crippen molar-refractivity contribution in [3.8, 4) is 5.75 Å². The number of benzene rings is 2. The summed E-state index contributed by atoms with van der Waals surface area (Å²) < 4.78 is 78.9. The average Bonchev–Trinajstić information content (AvgIpc) is 3.27. The third kappa shape index (κ3) is 4.06. The van der Waals surface area contributed by atoms with Crippen LogP contribution in [-0.4, -0.2) is 48.3 Å². The van der Waals surface area contributed by atoms with Crippen LogP contribution in [0.4, 0.5) is 33.3 Å². The number of anilines is 2. The topological polar surface area (TPSA) is 97.3 Å². The number of aliphatic hydroxyl groups is 1. The standard InChI is InChI=1S/C20H17F5N2O6S/c1-34(8-7-31-33-34)26-16(28)11-5-6-15-14(9-11)19(30,20(23,24)25)17(29)27(15)12-3-2-4-13(10-12)32-18(21)22/h2-6,9-10,18,30H,7-8H2,1H3,(H,26,28). The maximum atomic E-state index is 14.0. The van der Waals surface area contributed by atoms with Crippen molar-refractivity contribution in [2.24, 2.45) is 0 Å². The highest BCUT2D eigenvalue weighted by molar-refractivity contribution is 8.28. The number of nitrogens with zero attached hydrogens (tertiary/aromatic N) is 1. The Hall–Kier alpha value is -2.94. The lowest BCUT2D eigenvalue weighted by Gasteiger charge is -2.27. The fraction of sp³-hybridized carbons (Fsp3) is 0.300. The maximum Gasteiger partial charge on any atom is 0.430 e. The van der Waals surface area contributed by atoms with Gasteiger partial charge in [0.1, 0.15) is 5.75 Å². The number of amides is 2. The highest BCUT2D eigenvalue weighted by Gasteiger charge is 2.67. The van der Waals surface area contributed by atoms with Crippen LogP contribution in [0.25, 0.3) is 0 Å². The van der Waals surface area contributed by atoms with Gasteiger partial charge in [0.2, 0.25) is 0 Å². The van der Waals surface area contributed by atoms with E-state index in [1.165, 1.54) is 12.1 Å². The van der Waals surface area contributed by atoms with E-state index >= 15 is 0 Å². The van der Waals surface area contributed by atoms with Gasteiger partial charge < -0.3 is 9.84 Å². The third-order valence-electron chi connectivity index (χ3n) is 5.18. The molecule has 0 radical (unpaired) electrons. The van der Waals surface area contributed by atoms with Crippen molar-refractivity contribution in [3.05, 3.63) is 53.6 Å². The van der Waals surface area contributed by atoms with E-state index in [0.29, 0.717) is 10.7 Å². The minimum absolute atomic E-state index is 0.224. The molecule has 0 spiro atoms. The highest BCUT2D eigenvalue weighted by atomic mass is 32.3. The minimum atomic E-state index is -5.46.